The zero-order chi connectivity index (χ0) is 19.7. The number of hydrogen-bond acceptors (Lipinski definition) is 10. The van der Waals surface area contributed by atoms with Gasteiger partial charge in [0.2, 0.25) is 5.95 Å². The van der Waals surface area contributed by atoms with Gasteiger partial charge in [-0.3, -0.25) is 23.9 Å². The maximum absolute atomic E-state index is 11.8. The number of carboxylic acids is 1. The van der Waals surface area contributed by atoms with Gasteiger partial charge in [-0.15, -0.1) is 0 Å². The van der Waals surface area contributed by atoms with Crippen LogP contribution in [0.1, 0.15) is 19.1 Å². The van der Waals surface area contributed by atoms with E-state index in [-0.39, 0.29) is 30.0 Å². The highest BCUT2D eigenvalue weighted by Crippen LogP contribution is 2.31. The summed E-state index contributed by atoms with van der Waals surface area (Å²) >= 11 is 0. The van der Waals surface area contributed by atoms with Crippen LogP contribution in [-0.4, -0.2) is 71.7 Å². The number of carboxylic acid groups (broad SMARTS) is 1. The van der Waals surface area contributed by atoms with Crippen LogP contribution in [0.2, 0.25) is 0 Å². The van der Waals surface area contributed by atoms with Crippen LogP contribution in [0.25, 0.3) is 11.2 Å². The van der Waals surface area contributed by atoms with Crippen molar-refractivity contribution in [2.75, 3.05) is 12.3 Å². The number of aromatic nitrogens is 4. The molecule has 2 aromatic rings. The summed E-state index contributed by atoms with van der Waals surface area (Å²) in [6.45, 7) is -0.393. The molecule has 4 atom stereocenters. The van der Waals surface area contributed by atoms with Crippen molar-refractivity contribution < 1.29 is 34.4 Å². The molecule has 0 saturated carbocycles. The maximum atomic E-state index is 11.8. The van der Waals surface area contributed by atoms with E-state index < -0.39 is 48.6 Å². The van der Waals surface area contributed by atoms with Crippen molar-refractivity contribution in [2.45, 2.75) is 37.4 Å². The molecule has 13 heteroatoms. The van der Waals surface area contributed by atoms with E-state index in [1.165, 1.54) is 10.9 Å². The molecule has 1 aliphatic rings. The first-order valence-electron chi connectivity index (χ1n) is 7.89. The number of rotatable bonds is 6. The molecule has 13 nitrogen and oxygen atoms in total. The number of fused-ring (bicyclic) bond motifs is 1. The van der Waals surface area contributed by atoms with E-state index in [0.717, 1.165) is 0 Å². The molecule has 0 aromatic carbocycles. The monoisotopic (exact) mass is 383 g/mol. The number of ether oxygens (including phenoxy) is 2. The van der Waals surface area contributed by atoms with E-state index in [0.29, 0.717) is 0 Å². The lowest BCUT2D eigenvalue weighted by atomic mass is 10.1. The number of esters is 1. The summed E-state index contributed by atoms with van der Waals surface area (Å²) in [7, 11) is 0. The molecule has 3 heterocycles. The minimum atomic E-state index is -1.42. The van der Waals surface area contributed by atoms with E-state index in [1.54, 1.807) is 0 Å². The summed E-state index contributed by atoms with van der Waals surface area (Å²) in [6, 6.07) is 0. The third-order valence-electron chi connectivity index (χ3n) is 4.01. The van der Waals surface area contributed by atoms with E-state index in [4.69, 9.17) is 20.3 Å². The number of H-pyrrole nitrogens is 1. The summed E-state index contributed by atoms with van der Waals surface area (Å²) in [4.78, 5) is 43.9. The molecular formula is C14H17N5O8. The van der Waals surface area contributed by atoms with Gasteiger partial charge < -0.3 is 30.5 Å². The predicted octanol–water partition coefficient (Wildman–Crippen LogP) is -2.27. The van der Waals surface area contributed by atoms with Crippen LogP contribution in [-0.2, 0) is 19.1 Å². The van der Waals surface area contributed by atoms with Gasteiger partial charge in [0.15, 0.2) is 17.4 Å². The Morgan fingerprint density at radius 3 is 2.78 bits per heavy atom. The smallest absolute Gasteiger partial charge is 0.306 e. The lowest BCUT2D eigenvalue weighted by molar-refractivity contribution is -0.152. The van der Waals surface area contributed by atoms with Gasteiger partial charge in [-0.1, -0.05) is 0 Å². The minimum absolute atomic E-state index is 0.0296. The van der Waals surface area contributed by atoms with Crippen molar-refractivity contribution in [3.63, 3.8) is 0 Å². The summed E-state index contributed by atoms with van der Waals surface area (Å²) in [5.74, 6) is -2.08. The molecular weight excluding hydrogens is 366 g/mol. The number of anilines is 1. The number of nitrogens with zero attached hydrogens (tertiary/aromatic N) is 3. The number of carbonyl (C=O) groups is 2. The van der Waals surface area contributed by atoms with Crippen molar-refractivity contribution in [1.29, 1.82) is 0 Å². The second-order valence-electron chi connectivity index (χ2n) is 5.90. The first-order chi connectivity index (χ1) is 12.8. The lowest BCUT2D eigenvalue weighted by Crippen LogP contribution is -2.34. The fraction of sp³-hybridized carbons (Fsp3) is 0.500. The first-order valence-corrected chi connectivity index (χ1v) is 7.89. The first kappa shape index (κ1) is 18.8. The number of aliphatic carboxylic acids is 1. The molecule has 3 rings (SSSR count). The number of aliphatic hydroxyl groups excluding tert-OH is 2. The molecule has 27 heavy (non-hydrogen) atoms. The highest BCUT2D eigenvalue weighted by atomic mass is 16.6. The maximum Gasteiger partial charge on any atom is 0.306 e. The van der Waals surface area contributed by atoms with E-state index >= 15 is 0 Å². The highest BCUT2D eigenvalue weighted by molar-refractivity contribution is 5.76. The van der Waals surface area contributed by atoms with Gasteiger partial charge in [0, 0.05) is 0 Å². The second kappa shape index (κ2) is 7.30. The molecule has 0 amide bonds. The number of nitrogens with one attached hydrogen (secondary N) is 1. The van der Waals surface area contributed by atoms with Crippen molar-refractivity contribution in [2.24, 2.45) is 0 Å². The Balaban J connectivity index is 1.73. The molecule has 6 N–H and O–H groups in total. The van der Waals surface area contributed by atoms with Gasteiger partial charge >= 0.3 is 11.9 Å². The Morgan fingerprint density at radius 1 is 1.33 bits per heavy atom. The third kappa shape index (κ3) is 3.74. The average molecular weight is 383 g/mol. The van der Waals surface area contributed by atoms with Crippen LogP contribution >= 0.6 is 0 Å². The summed E-state index contributed by atoms with van der Waals surface area (Å²) in [5, 5.41) is 28.9. The van der Waals surface area contributed by atoms with Crippen LogP contribution in [0.15, 0.2) is 11.1 Å². The number of aromatic amines is 1. The van der Waals surface area contributed by atoms with Crippen molar-refractivity contribution in [3.05, 3.63) is 16.7 Å². The van der Waals surface area contributed by atoms with E-state index in [2.05, 4.69) is 15.0 Å². The van der Waals surface area contributed by atoms with Crippen LogP contribution < -0.4 is 11.3 Å². The zero-order valence-electron chi connectivity index (χ0n) is 13.8. The summed E-state index contributed by atoms with van der Waals surface area (Å²) in [5.41, 5.74) is 4.95. The van der Waals surface area contributed by atoms with Crippen molar-refractivity contribution in [1.82, 2.24) is 19.5 Å². The summed E-state index contributed by atoms with van der Waals surface area (Å²) < 4.78 is 11.6. The van der Waals surface area contributed by atoms with Gasteiger partial charge in [0.05, 0.1) is 19.2 Å². The van der Waals surface area contributed by atoms with E-state index in [9.17, 15) is 24.6 Å². The van der Waals surface area contributed by atoms with Gasteiger partial charge in [-0.2, -0.15) is 4.98 Å². The normalized spacial score (nSPS) is 25.0. The summed E-state index contributed by atoms with van der Waals surface area (Å²) in [6.07, 6.45) is -4.57. The molecule has 1 saturated heterocycles. The van der Waals surface area contributed by atoms with Crippen molar-refractivity contribution >= 4 is 29.1 Å². The fourth-order valence-corrected chi connectivity index (χ4v) is 2.68. The number of hydrogen-bond donors (Lipinski definition) is 5. The number of nitrogen functional groups attached to an aromatic ring is 1. The van der Waals surface area contributed by atoms with Crippen LogP contribution in [0, 0.1) is 0 Å². The third-order valence-corrected chi connectivity index (χ3v) is 4.01. The number of aliphatic hydroxyl groups is 2. The van der Waals surface area contributed by atoms with Crippen molar-refractivity contribution in [3.8, 4) is 0 Å². The molecule has 1 fully saturated rings. The van der Waals surface area contributed by atoms with Crippen LogP contribution in [0.4, 0.5) is 5.95 Å². The highest BCUT2D eigenvalue weighted by Gasteiger charge is 2.45. The number of nitrogens with two attached hydrogens (primary N) is 1. The fourth-order valence-electron chi connectivity index (χ4n) is 2.68. The molecule has 0 unspecified atom stereocenters. The lowest BCUT2D eigenvalue weighted by Gasteiger charge is -2.16. The molecule has 0 spiro atoms. The zero-order valence-corrected chi connectivity index (χ0v) is 13.8. The van der Waals surface area contributed by atoms with E-state index in [1.807, 2.05) is 0 Å². The molecule has 0 radical (unpaired) electrons. The van der Waals surface area contributed by atoms with Crippen LogP contribution in [0.5, 0.6) is 0 Å². The predicted molar refractivity (Wildman–Crippen MR) is 86.3 cm³/mol. The van der Waals surface area contributed by atoms with Gasteiger partial charge in [-0.05, 0) is 0 Å². The topological polar surface area (TPSA) is 203 Å². The Hall–Kier alpha value is -3.03. The minimum Gasteiger partial charge on any atom is -0.481 e. The second-order valence-corrected chi connectivity index (χ2v) is 5.90. The number of imidazole rings is 1. The van der Waals surface area contributed by atoms with Crippen LogP contribution in [0.3, 0.4) is 0 Å². The molecule has 0 bridgehead atoms. The van der Waals surface area contributed by atoms with Gasteiger partial charge in [0.1, 0.15) is 24.9 Å². The Bertz CT molecular complexity index is 924. The number of carbonyl (C=O) groups excluding carboxylic acids is 1. The SMILES string of the molecule is Nc1nc2c(ncn2[C@@H]2O[C@H](COC(=O)CCC(=O)O)[C@@H](O)[C@H]2O)c(=O)[nH]1. The van der Waals surface area contributed by atoms with Gasteiger partial charge in [-0.25, -0.2) is 4.98 Å². The average Bonchev–Trinajstić information content (AvgIpc) is 3.13. The Labute approximate surface area is 150 Å². The van der Waals surface area contributed by atoms with Gasteiger partial charge in [0.25, 0.3) is 5.56 Å². The molecule has 0 aliphatic carbocycles. The molecule has 2 aromatic heterocycles. The Kier molecular flexibility index (Phi) is 5.07. The Morgan fingerprint density at radius 2 is 2.07 bits per heavy atom. The molecule has 146 valence electrons. The standard InChI is InChI=1S/C14H17N5O8/c15-14-17-11-8(12(25)18-14)16-4-19(11)13-10(24)9(23)5(27-13)3-26-7(22)2-1-6(20)21/h4-5,9-10,13,23-24H,1-3H2,(H,20,21)(H3,15,17,18,25)/t5-,9-,10-,13-/m1/s1. The molecule has 1 aliphatic heterocycles. The largest absolute Gasteiger partial charge is 0.481 e. The quantitative estimate of drug-likeness (QED) is 0.336.